The Balaban J connectivity index is 4.38. The van der Waals surface area contributed by atoms with E-state index in [4.69, 9.17) is 4.74 Å². The molecule has 0 saturated heterocycles. The first kappa shape index (κ1) is 13.4. The molecule has 1 unspecified atom stereocenters. The molecule has 0 N–H and O–H groups in total. The van der Waals surface area contributed by atoms with Crippen molar-refractivity contribution in [3.63, 3.8) is 0 Å². The molecular formula is C10H19FO2Si. The minimum Gasteiger partial charge on any atom is -0.459 e. The number of esters is 1. The zero-order chi connectivity index (χ0) is 11.4. The maximum absolute atomic E-state index is 13.7. The number of hydrogen-bond donors (Lipinski definition) is 0. The number of ether oxygens (including phenoxy) is 1. The second kappa shape index (κ2) is 5.29. The molecule has 14 heavy (non-hydrogen) atoms. The van der Waals surface area contributed by atoms with Crippen LogP contribution in [-0.2, 0) is 9.53 Å². The monoisotopic (exact) mass is 218 g/mol. The third-order valence-corrected chi connectivity index (χ3v) is 3.85. The summed E-state index contributed by atoms with van der Waals surface area (Å²) >= 11 is 0. The van der Waals surface area contributed by atoms with Crippen LogP contribution >= 0.6 is 0 Å². The molecule has 0 aliphatic rings. The summed E-state index contributed by atoms with van der Waals surface area (Å²) in [5.74, 6) is -0.485. The number of carbonyl (C=O) groups is 1. The normalized spacial score (nSPS) is 13.5. The van der Waals surface area contributed by atoms with Crippen molar-refractivity contribution in [2.45, 2.75) is 45.5 Å². The molecule has 82 valence electrons. The average Bonchev–Trinajstić information content (AvgIpc) is 2.01. The van der Waals surface area contributed by atoms with E-state index in [0.717, 1.165) is 6.42 Å². The van der Waals surface area contributed by atoms with Gasteiger partial charge >= 0.3 is 5.97 Å². The van der Waals surface area contributed by atoms with Crippen LogP contribution in [0.4, 0.5) is 4.11 Å². The molecular weight excluding hydrogens is 199 g/mol. The fourth-order valence-electron chi connectivity index (χ4n) is 1.03. The highest BCUT2D eigenvalue weighted by Gasteiger charge is 2.35. The van der Waals surface area contributed by atoms with Gasteiger partial charge in [0.1, 0.15) is 5.73 Å². The van der Waals surface area contributed by atoms with Crippen LogP contribution in [0.15, 0.2) is 12.2 Å². The Kier molecular flexibility index (Phi) is 5.05. The van der Waals surface area contributed by atoms with Crippen LogP contribution in [0.2, 0.25) is 13.1 Å². The van der Waals surface area contributed by atoms with Gasteiger partial charge in [0.15, 0.2) is 0 Å². The number of carbonyl (C=O) groups excluding carboxylic acids is 1. The molecule has 0 aliphatic carbocycles. The summed E-state index contributed by atoms with van der Waals surface area (Å²) in [7, 11) is -2.90. The Bertz CT molecular complexity index is 221. The summed E-state index contributed by atoms with van der Waals surface area (Å²) in [4.78, 5) is 11.2. The SMILES string of the molecule is C=C(C)C(=O)OC(CCC)[Si](C)(C)F. The summed E-state index contributed by atoms with van der Waals surface area (Å²) in [6, 6.07) is 0. The lowest BCUT2D eigenvalue weighted by Crippen LogP contribution is -2.40. The molecule has 0 aromatic carbocycles. The molecule has 0 spiro atoms. The fourth-order valence-corrected chi connectivity index (χ4v) is 2.40. The van der Waals surface area contributed by atoms with Crippen LogP contribution in [0.25, 0.3) is 0 Å². The van der Waals surface area contributed by atoms with Crippen LogP contribution in [-0.4, -0.2) is 20.1 Å². The molecule has 2 nitrogen and oxygen atoms in total. The van der Waals surface area contributed by atoms with Crippen molar-refractivity contribution in [2.24, 2.45) is 0 Å². The molecule has 1 atom stereocenters. The first-order chi connectivity index (χ1) is 6.29. The van der Waals surface area contributed by atoms with Gasteiger partial charge in [0.25, 0.3) is 8.41 Å². The predicted octanol–water partition coefficient (Wildman–Crippen LogP) is 2.99. The molecule has 0 fully saturated rings. The second-order valence-corrected chi connectivity index (χ2v) is 7.80. The largest absolute Gasteiger partial charge is 0.459 e. The lowest BCUT2D eigenvalue weighted by molar-refractivity contribution is -0.141. The van der Waals surface area contributed by atoms with Crippen molar-refractivity contribution >= 4 is 14.4 Å². The van der Waals surface area contributed by atoms with Crippen LogP contribution in [0.3, 0.4) is 0 Å². The lowest BCUT2D eigenvalue weighted by atomic mass is 10.3. The van der Waals surface area contributed by atoms with E-state index in [9.17, 15) is 8.90 Å². The van der Waals surface area contributed by atoms with Crippen molar-refractivity contribution < 1.29 is 13.6 Å². The van der Waals surface area contributed by atoms with Gasteiger partial charge in [-0.3, -0.25) is 0 Å². The van der Waals surface area contributed by atoms with Crippen molar-refractivity contribution in [3.8, 4) is 0 Å². The number of rotatable bonds is 5. The molecule has 0 aromatic heterocycles. The van der Waals surface area contributed by atoms with Gasteiger partial charge in [-0.05, 0) is 26.4 Å². The van der Waals surface area contributed by atoms with Crippen LogP contribution in [0.1, 0.15) is 26.7 Å². The second-order valence-electron chi connectivity index (χ2n) is 4.03. The van der Waals surface area contributed by atoms with Gasteiger partial charge in [-0.25, -0.2) is 4.79 Å². The third-order valence-electron chi connectivity index (χ3n) is 1.91. The number of hydrogen-bond acceptors (Lipinski definition) is 2. The summed E-state index contributed by atoms with van der Waals surface area (Å²) in [6.07, 6.45) is 1.41. The smallest absolute Gasteiger partial charge is 0.333 e. The zero-order valence-corrected chi connectivity index (χ0v) is 10.4. The maximum Gasteiger partial charge on any atom is 0.333 e. The molecule has 0 heterocycles. The highest BCUT2D eigenvalue weighted by molar-refractivity contribution is 6.71. The fraction of sp³-hybridized carbons (Fsp3) is 0.700. The van der Waals surface area contributed by atoms with Crippen molar-refractivity contribution in [2.75, 3.05) is 0 Å². The van der Waals surface area contributed by atoms with Crippen LogP contribution < -0.4 is 0 Å². The van der Waals surface area contributed by atoms with Crippen molar-refractivity contribution in [3.05, 3.63) is 12.2 Å². The Morgan fingerprint density at radius 1 is 1.57 bits per heavy atom. The summed E-state index contributed by atoms with van der Waals surface area (Å²) in [5, 5.41) is 0. The van der Waals surface area contributed by atoms with E-state index in [-0.39, 0.29) is 0 Å². The van der Waals surface area contributed by atoms with Gasteiger partial charge in [-0.15, -0.1) is 0 Å². The maximum atomic E-state index is 13.7. The number of halogens is 1. The summed E-state index contributed by atoms with van der Waals surface area (Å²) < 4.78 is 18.8. The standard InChI is InChI=1S/C10H19FO2Si/c1-6-7-9(14(4,5)11)13-10(12)8(2)3/h9H,2,6-7H2,1,3-5H3. The van der Waals surface area contributed by atoms with Crippen molar-refractivity contribution in [1.29, 1.82) is 0 Å². The van der Waals surface area contributed by atoms with Crippen LogP contribution in [0.5, 0.6) is 0 Å². The van der Waals surface area contributed by atoms with Gasteiger partial charge in [-0.1, -0.05) is 19.9 Å². The van der Waals surface area contributed by atoms with Crippen LogP contribution in [0, 0.1) is 0 Å². The Morgan fingerprint density at radius 3 is 2.36 bits per heavy atom. The van der Waals surface area contributed by atoms with E-state index < -0.39 is 20.1 Å². The molecule has 0 amide bonds. The van der Waals surface area contributed by atoms with Gasteiger partial charge in [0.05, 0.1) is 0 Å². The van der Waals surface area contributed by atoms with Gasteiger partial charge in [0.2, 0.25) is 0 Å². The molecule has 0 aromatic rings. The van der Waals surface area contributed by atoms with E-state index in [0.29, 0.717) is 12.0 Å². The summed E-state index contributed by atoms with van der Waals surface area (Å²) in [6.45, 7) is 10.1. The topological polar surface area (TPSA) is 26.3 Å². The molecule has 0 aliphatic heterocycles. The molecule has 4 heteroatoms. The highest BCUT2D eigenvalue weighted by atomic mass is 28.4. The predicted molar refractivity (Wildman–Crippen MR) is 58.2 cm³/mol. The lowest BCUT2D eigenvalue weighted by Gasteiger charge is -2.24. The zero-order valence-electron chi connectivity index (χ0n) is 9.39. The van der Waals surface area contributed by atoms with Crippen molar-refractivity contribution in [1.82, 2.24) is 0 Å². The first-order valence-electron chi connectivity index (χ1n) is 4.84. The van der Waals surface area contributed by atoms with Gasteiger partial charge in [-0.2, -0.15) is 0 Å². The Hall–Kier alpha value is -0.643. The first-order valence-corrected chi connectivity index (χ1v) is 7.80. The highest BCUT2D eigenvalue weighted by Crippen LogP contribution is 2.19. The summed E-state index contributed by atoms with van der Waals surface area (Å²) in [5.41, 5.74) is -0.221. The minimum absolute atomic E-state index is 0.323. The minimum atomic E-state index is -2.90. The van der Waals surface area contributed by atoms with E-state index in [1.807, 2.05) is 6.92 Å². The molecule has 0 bridgehead atoms. The Morgan fingerprint density at radius 2 is 2.07 bits per heavy atom. The van der Waals surface area contributed by atoms with Gasteiger partial charge < -0.3 is 8.84 Å². The molecule has 0 radical (unpaired) electrons. The van der Waals surface area contributed by atoms with Gasteiger partial charge in [0, 0.05) is 5.57 Å². The van der Waals surface area contributed by atoms with E-state index in [1.54, 1.807) is 20.0 Å². The quantitative estimate of drug-likeness (QED) is 0.307. The average molecular weight is 218 g/mol. The van der Waals surface area contributed by atoms with E-state index >= 15 is 0 Å². The Labute approximate surface area is 86.3 Å². The van der Waals surface area contributed by atoms with E-state index in [1.165, 1.54) is 0 Å². The molecule has 0 saturated carbocycles. The molecule has 0 rings (SSSR count). The van der Waals surface area contributed by atoms with E-state index in [2.05, 4.69) is 6.58 Å². The third kappa shape index (κ3) is 4.55.